The summed E-state index contributed by atoms with van der Waals surface area (Å²) in [6, 6.07) is 52.0. The summed E-state index contributed by atoms with van der Waals surface area (Å²) in [5.74, 6) is 0. The molecular weight excluding hydrogens is 617 g/mol. The van der Waals surface area contributed by atoms with Crippen molar-refractivity contribution >= 4 is 33.2 Å². The van der Waals surface area contributed by atoms with E-state index in [1.165, 1.54) is 72.1 Å². The highest BCUT2D eigenvalue weighted by molar-refractivity contribution is 6.10. The lowest BCUT2D eigenvalue weighted by Gasteiger charge is -2.30. The first-order valence-electron chi connectivity index (χ1n) is 18.4. The minimum Gasteiger partial charge on any atom is -0.345 e. The third-order valence-corrected chi connectivity index (χ3v) is 10.6. The zero-order chi connectivity index (χ0) is 36.1. The van der Waals surface area contributed by atoms with Gasteiger partial charge in [-0.15, -0.1) is 0 Å². The Hall–Kier alpha value is -5.08. The molecule has 2 heteroatoms. The predicted octanol–water partition coefficient (Wildman–Crippen LogP) is 13.5. The van der Waals surface area contributed by atoms with Gasteiger partial charge in [0.2, 0.25) is 0 Å². The molecule has 7 aromatic rings. The molecule has 1 aromatic heterocycles. The van der Waals surface area contributed by atoms with Crippen LogP contribution in [0.3, 0.4) is 0 Å². The van der Waals surface area contributed by atoms with Gasteiger partial charge in [0.1, 0.15) is 0 Å². The van der Waals surface area contributed by atoms with Crippen molar-refractivity contribution in [3.05, 3.63) is 156 Å². The van der Waals surface area contributed by atoms with Crippen molar-refractivity contribution in [2.45, 2.75) is 78.2 Å². The zero-order valence-corrected chi connectivity index (χ0v) is 31.9. The van der Waals surface area contributed by atoms with Crippen LogP contribution in [0, 0.1) is 0 Å². The van der Waals surface area contributed by atoms with Gasteiger partial charge in [-0.3, -0.25) is 0 Å². The van der Waals surface area contributed by atoms with Gasteiger partial charge >= 0.3 is 0 Å². The SMILES string of the molecule is CN(c1ccccc1)c1cccc(CC(C)(C)n2c3ccc(-c4ccc(C(C)(C)C)cc4)cc3c3cc(-c4ccc(C(C)(C)C)cc4)ccc32)c1. The molecule has 0 aliphatic carbocycles. The molecular formula is C49H52N2. The summed E-state index contributed by atoms with van der Waals surface area (Å²) in [7, 11) is 2.15. The molecule has 258 valence electrons. The molecule has 51 heavy (non-hydrogen) atoms. The minimum absolute atomic E-state index is 0.124. The summed E-state index contributed by atoms with van der Waals surface area (Å²) in [6.45, 7) is 18.4. The quantitative estimate of drug-likeness (QED) is 0.164. The maximum absolute atomic E-state index is 2.59. The molecule has 1 heterocycles. The molecule has 7 rings (SSSR count). The minimum atomic E-state index is -0.199. The smallest absolute Gasteiger partial charge is 0.0496 e. The van der Waals surface area contributed by atoms with Crippen LogP contribution in [0.25, 0.3) is 44.1 Å². The van der Waals surface area contributed by atoms with Gasteiger partial charge in [-0.2, -0.15) is 0 Å². The molecule has 0 aliphatic heterocycles. The number of anilines is 2. The number of nitrogens with zero attached hydrogens (tertiary/aromatic N) is 2. The van der Waals surface area contributed by atoms with Gasteiger partial charge in [0.15, 0.2) is 0 Å². The summed E-state index contributed by atoms with van der Waals surface area (Å²) in [6.07, 6.45) is 0.897. The number of aromatic nitrogens is 1. The number of hydrogen-bond acceptors (Lipinski definition) is 1. The predicted molar refractivity (Wildman–Crippen MR) is 222 cm³/mol. The molecule has 2 nitrogen and oxygen atoms in total. The number of fused-ring (bicyclic) bond motifs is 3. The van der Waals surface area contributed by atoms with E-state index >= 15 is 0 Å². The van der Waals surface area contributed by atoms with Gasteiger partial charge in [-0.05, 0) is 119 Å². The second-order valence-electron chi connectivity index (χ2n) is 17.0. The zero-order valence-electron chi connectivity index (χ0n) is 31.9. The maximum atomic E-state index is 2.59. The van der Waals surface area contributed by atoms with Crippen molar-refractivity contribution in [2.24, 2.45) is 0 Å². The molecule has 0 unspecified atom stereocenters. The second-order valence-corrected chi connectivity index (χ2v) is 17.0. The van der Waals surface area contributed by atoms with Crippen molar-refractivity contribution in [1.82, 2.24) is 4.57 Å². The first-order valence-corrected chi connectivity index (χ1v) is 18.4. The molecule has 0 spiro atoms. The van der Waals surface area contributed by atoms with Gasteiger partial charge < -0.3 is 9.47 Å². The third-order valence-electron chi connectivity index (χ3n) is 10.6. The number of benzene rings is 6. The standard InChI is InChI=1S/C49H52N2/c1-47(2,3)39-24-18-35(19-25-39)37-22-28-45-43(31-37)44-32-38(36-20-26-40(27-21-36)48(4,5)6)23-29-46(44)51(45)49(7,8)33-34-14-13-17-42(30-34)50(9)41-15-11-10-12-16-41/h10-32H,33H2,1-9H3. The highest BCUT2D eigenvalue weighted by Gasteiger charge is 2.27. The van der Waals surface area contributed by atoms with E-state index in [4.69, 9.17) is 0 Å². The van der Waals surface area contributed by atoms with E-state index < -0.39 is 0 Å². The van der Waals surface area contributed by atoms with Crippen LogP contribution in [0.1, 0.15) is 72.1 Å². The molecule has 0 bridgehead atoms. The summed E-state index contributed by atoms with van der Waals surface area (Å²) in [5.41, 5.74) is 14.0. The average Bonchev–Trinajstić information content (AvgIpc) is 3.45. The molecule has 0 saturated heterocycles. The summed E-state index contributed by atoms with van der Waals surface area (Å²) < 4.78 is 2.59. The fraction of sp³-hybridized carbons (Fsp3) is 0.265. The van der Waals surface area contributed by atoms with Crippen molar-refractivity contribution in [3.63, 3.8) is 0 Å². The normalized spacial score (nSPS) is 12.5. The van der Waals surface area contributed by atoms with Crippen molar-refractivity contribution < 1.29 is 0 Å². The van der Waals surface area contributed by atoms with E-state index in [0.29, 0.717) is 0 Å². The number of para-hydroxylation sites is 1. The first kappa shape index (κ1) is 34.4. The molecule has 0 fully saturated rings. The largest absolute Gasteiger partial charge is 0.345 e. The topological polar surface area (TPSA) is 8.17 Å². The Morgan fingerprint density at radius 2 is 0.902 bits per heavy atom. The molecule has 0 aliphatic rings. The van der Waals surface area contributed by atoms with Crippen LogP contribution >= 0.6 is 0 Å². The fourth-order valence-electron chi connectivity index (χ4n) is 7.61. The monoisotopic (exact) mass is 668 g/mol. The van der Waals surface area contributed by atoms with E-state index in [0.717, 1.165) is 6.42 Å². The van der Waals surface area contributed by atoms with Crippen LogP contribution in [0.4, 0.5) is 11.4 Å². The second kappa shape index (κ2) is 12.9. The molecule has 0 amide bonds. The summed E-state index contributed by atoms with van der Waals surface area (Å²) >= 11 is 0. The van der Waals surface area contributed by atoms with E-state index in [1.54, 1.807) is 0 Å². The first-order chi connectivity index (χ1) is 24.2. The lowest BCUT2D eigenvalue weighted by atomic mass is 9.86. The van der Waals surface area contributed by atoms with Crippen molar-refractivity contribution in [1.29, 1.82) is 0 Å². The lowest BCUT2D eigenvalue weighted by molar-refractivity contribution is 0.375. The van der Waals surface area contributed by atoms with E-state index in [1.807, 2.05) is 0 Å². The van der Waals surface area contributed by atoms with Gasteiger partial charge in [0.05, 0.1) is 0 Å². The fourth-order valence-corrected chi connectivity index (χ4v) is 7.61. The van der Waals surface area contributed by atoms with Gasteiger partial charge in [0.25, 0.3) is 0 Å². The van der Waals surface area contributed by atoms with Crippen LogP contribution in [0.5, 0.6) is 0 Å². The Morgan fingerprint density at radius 3 is 1.37 bits per heavy atom. The summed E-state index contributed by atoms with van der Waals surface area (Å²) in [4.78, 5) is 2.27. The van der Waals surface area contributed by atoms with E-state index in [2.05, 4.69) is 211 Å². The highest BCUT2D eigenvalue weighted by atomic mass is 15.1. The van der Waals surface area contributed by atoms with E-state index in [-0.39, 0.29) is 16.4 Å². The van der Waals surface area contributed by atoms with Gasteiger partial charge in [-0.25, -0.2) is 0 Å². The van der Waals surface area contributed by atoms with Crippen molar-refractivity contribution in [2.75, 3.05) is 11.9 Å². The van der Waals surface area contributed by atoms with Crippen LogP contribution < -0.4 is 4.90 Å². The third kappa shape index (κ3) is 6.85. The van der Waals surface area contributed by atoms with Crippen LogP contribution in [-0.4, -0.2) is 11.6 Å². The van der Waals surface area contributed by atoms with Crippen LogP contribution in [0.15, 0.2) is 140 Å². The van der Waals surface area contributed by atoms with Gasteiger partial charge in [-0.1, -0.05) is 133 Å². The number of rotatable bonds is 7. The van der Waals surface area contributed by atoms with Crippen LogP contribution in [-0.2, 0) is 22.8 Å². The molecule has 6 aromatic carbocycles. The Bertz CT molecular complexity index is 2190. The van der Waals surface area contributed by atoms with Gasteiger partial charge in [0, 0.05) is 45.8 Å². The molecule has 0 N–H and O–H groups in total. The lowest BCUT2D eigenvalue weighted by Crippen LogP contribution is -2.28. The Kier molecular flexibility index (Phi) is 8.70. The summed E-state index contributed by atoms with van der Waals surface area (Å²) in [5, 5.41) is 2.59. The highest BCUT2D eigenvalue weighted by Crippen LogP contribution is 2.40. The number of hydrogen-bond donors (Lipinski definition) is 0. The Morgan fingerprint density at radius 1 is 0.451 bits per heavy atom. The van der Waals surface area contributed by atoms with Crippen molar-refractivity contribution in [3.8, 4) is 22.3 Å². The maximum Gasteiger partial charge on any atom is 0.0496 e. The van der Waals surface area contributed by atoms with E-state index in [9.17, 15) is 0 Å². The van der Waals surface area contributed by atoms with Crippen LogP contribution in [0.2, 0.25) is 0 Å². The molecule has 0 radical (unpaired) electrons. The average molecular weight is 669 g/mol. The molecule has 0 atom stereocenters. The Balaban J connectivity index is 1.34. The molecule has 0 saturated carbocycles. The Labute approximate surface area is 305 Å².